The summed E-state index contributed by atoms with van der Waals surface area (Å²) >= 11 is 0. The maximum atomic E-state index is 5.95. The van der Waals surface area contributed by atoms with Crippen LogP contribution in [0.3, 0.4) is 0 Å². The van der Waals surface area contributed by atoms with E-state index in [-0.39, 0.29) is 5.60 Å². The molecule has 3 nitrogen and oxygen atoms in total. The van der Waals surface area contributed by atoms with E-state index in [1.807, 2.05) is 39.0 Å². The Hall–Kier alpha value is -1.64. The van der Waals surface area contributed by atoms with E-state index in [1.54, 1.807) is 7.11 Å². The van der Waals surface area contributed by atoms with E-state index in [0.717, 1.165) is 11.3 Å². The number of rotatable bonds is 3. The van der Waals surface area contributed by atoms with E-state index in [9.17, 15) is 0 Å². The van der Waals surface area contributed by atoms with Gasteiger partial charge in [0.25, 0.3) is 0 Å². The summed E-state index contributed by atoms with van der Waals surface area (Å²) < 4.78 is 16.9. The van der Waals surface area contributed by atoms with Crippen LogP contribution in [0.5, 0.6) is 17.2 Å². The first kappa shape index (κ1) is 11.8. The molecule has 1 aromatic carbocycles. The molecule has 0 fully saturated rings. The SMILES string of the molecule is CCOc1c(OC)ccc2c1OC(C)(C)C=C2. The molecule has 0 atom stereocenters. The van der Waals surface area contributed by atoms with Gasteiger partial charge in [0.15, 0.2) is 11.5 Å². The molecule has 2 rings (SSSR count). The van der Waals surface area contributed by atoms with Gasteiger partial charge in [-0.15, -0.1) is 0 Å². The molecular formula is C14H18O3. The van der Waals surface area contributed by atoms with Crippen LogP contribution in [0.25, 0.3) is 6.08 Å². The highest BCUT2D eigenvalue weighted by Crippen LogP contribution is 2.44. The van der Waals surface area contributed by atoms with E-state index in [2.05, 4.69) is 6.08 Å². The van der Waals surface area contributed by atoms with Gasteiger partial charge in [-0.25, -0.2) is 0 Å². The molecule has 1 aliphatic rings. The van der Waals surface area contributed by atoms with Crippen molar-refractivity contribution < 1.29 is 14.2 Å². The summed E-state index contributed by atoms with van der Waals surface area (Å²) in [6, 6.07) is 3.87. The smallest absolute Gasteiger partial charge is 0.204 e. The molecule has 1 aromatic rings. The zero-order valence-corrected chi connectivity index (χ0v) is 10.7. The van der Waals surface area contributed by atoms with Gasteiger partial charge in [0.05, 0.1) is 13.7 Å². The van der Waals surface area contributed by atoms with Crippen molar-refractivity contribution in [3.8, 4) is 17.2 Å². The van der Waals surface area contributed by atoms with Crippen LogP contribution in [0.1, 0.15) is 26.3 Å². The lowest BCUT2D eigenvalue weighted by Gasteiger charge is -2.29. The minimum Gasteiger partial charge on any atom is -0.493 e. The molecule has 0 N–H and O–H groups in total. The zero-order valence-electron chi connectivity index (χ0n) is 10.7. The Kier molecular flexibility index (Phi) is 3.01. The normalized spacial score (nSPS) is 16.0. The van der Waals surface area contributed by atoms with Crippen LogP contribution in [-0.2, 0) is 0 Å². The van der Waals surface area contributed by atoms with Crippen molar-refractivity contribution >= 4 is 6.08 Å². The van der Waals surface area contributed by atoms with Crippen molar-refractivity contribution in [2.24, 2.45) is 0 Å². The lowest BCUT2D eigenvalue weighted by Crippen LogP contribution is -2.27. The zero-order chi connectivity index (χ0) is 12.5. The molecule has 0 aliphatic carbocycles. The largest absolute Gasteiger partial charge is 0.493 e. The van der Waals surface area contributed by atoms with E-state index in [1.165, 1.54) is 0 Å². The van der Waals surface area contributed by atoms with Crippen molar-refractivity contribution in [1.29, 1.82) is 0 Å². The molecule has 0 amide bonds. The van der Waals surface area contributed by atoms with Crippen molar-refractivity contribution in [1.82, 2.24) is 0 Å². The van der Waals surface area contributed by atoms with Crippen LogP contribution in [-0.4, -0.2) is 19.3 Å². The fourth-order valence-corrected chi connectivity index (χ4v) is 1.83. The van der Waals surface area contributed by atoms with Crippen LogP contribution in [0, 0.1) is 0 Å². The molecule has 92 valence electrons. The van der Waals surface area contributed by atoms with Gasteiger partial charge in [0, 0.05) is 5.56 Å². The minimum absolute atomic E-state index is 0.314. The van der Waals surface area contributed by atoms with Crippen molar-refractivity contribution in [3.63, 3.8) is 0 Å². The molecule has 0 bridgehead atoms. The second-order valence-corrected chi connectivity index (χ2v) is 4.49. The molecule has 0 aromatic heterocycles. The molecule has 1 aliphatic heterocycles. The summed E-state index contributed by atoms with van der Waals surface area (Å²) in [5.74, 6) is 2.15. The van der Waals surface area contributed by atoms with Crippen molar-refractivity contribution in [3.05, 3.63) is 23.8 Å². The number of ether oxygens (including phenoxy) is 3. The monoisotopic (exact) mass is 234 g/mol. The van der Waals surface area contributed by atoms with Crippen LogP contribution < -0.4 is 14.2 Å². The number of fused-ring (bicyclic) bond motifs is 1. The maximum absolute atomic E-state index is 5.95. The third-order valence-electron chi connectivity index (χ3n) is 2.64. The number of hydrogen-bond acceptors (Lipinski definition) is 3. The Morgan fingerprint density at radius 1 is 1.29 bits per heavy atom. The first-order chi connectivity index (χ1) is 8.07. The molecule has 3 heteroatoms. The number of hydrogen-bond donors (Lipinski definition) is 0. The average Bonchev–Trinajstić information content (AvgIpc) is 2.29. The Bertz CT molecular complexity index is 447. The molecule has 17 heavy (non-hydrogen) atoms. The van der Waals surface area contributed by atoms with Gasteiger partial charge in [-0.3, -0.25) is 0 Å². The topological polar surface area (TPSA) is 27.7 Å². The van der Waals surface area contributed by atoms with Gasteiger partial charge >= 0.3 is 0 Å². The van der Waals surface area contributed by atoms with Crippen LogP contribution in [0.2, 0.25) is 0 Å². The summed E-state index contributed by atoms with van der Waals surface area (Å²) in [5, 5.41) is 0. The average molecular weight is 234 g/mol. The predicted octanol–water partition coefficient (Wildman–Crippen LogP) is 3.28. The highest BCUT2D eigenvalue weighted by Gasteiger charge is 2.26. The second-order valence-electron chi connectivity index (χ2n) is 4.49. The third kappa shape index (κ3) is 2.23. The Morgan fingerprint density at radius 2 is 2.06 bits per heavy atom. The van der Waals surface area contributed by atoms with E-state index in [0.29, 0.717) is 18.1 Å². The Morgan fingerprint density at radius 3 is 2.71 bits per heavy atom. The standard InChI is InChI=1S/C14H18O3/c1-5-16-13-11(15-4)7-6-10-8-9-14(2,3)17-12(10)13/h6-9H,5H2,1-4H3. The van der Waals surface area contributed by atoms with Gasteiger partial charge in [0.2, 0.25) is 5.75 Å². The van der Waals surface area contributed by atoms with Crippen LogP contribution in [0.4, 0.5) is 0 Å². The van der Waals surface area contributed by atoms with Crippen LogP contribution in [0.15, 0.2) is 18.2 Å². The van der Waals surface area contributed by atoms with E-state index >= 15 is 0 Å². The van der Waals surface area contributed by atoms with Gasteiger partial charge < -0.3 is 14.2 Å². The van der Waals surface area contributed by atoms with Crippen molar-refractivity contribution in [2.45, 2.75) is 26.4 Å². The first-order valence-corrected chi connectivity index (χ1v) is 5.79. The lowest BCUT2D eigenvalue weighted by molar-refractivity contribution is 0.148. The number of benzene rings is 1. The third-order valence-corrected chi connectivity index (χ3v) is 2.64. The van der Waals surface area contributed by atoms with Crippen LogP contribution >= 0.6 is 0 Å². The summed E-state index contributed by atoms with van der Waals surface area (Å²) in [7, 11) is 1.63. The first-order valence-electron chi connectivity index (χ1n) is 5.79. The fourth-order valence-electron chi connectivity index (χ4n) is 1.83. The lowest BCUT2D eigenvalue weighted by atomic mass is 10.0. The molecule has 1 heterocycles. The minimum atomic E-state index is -0.314. The molecule has 0 unspecified atom stereocenters. The molecule has 0 saturated carbocycles. The fraction of sp³-hybridized carbons (Fsp3) is 0.429. The summed E-state index contributed by atoms with van der Waals surface area (Å²) in [4.78, 5) is 0. The van der Waals surface area contributed by atoms with Gasteiger partial charge in [0.1, 0.15) is 5.60 Å². The summed E-state index contributed by atoms with van der Waals surface area (Å²) in [5.41, 5.74) is 0.708. The molecule has 0 radical (unpaired) electrons. The van der Waals surface area contributed by atoms with Gasteiger partial charge in [-0.1, -0.05) is 6.08 Å². The molecule has 0 saturated heterocycles. The van der Waals surface area contributed by atoms with E-state index < -0.39 is 0 Å². The van der Waals surface area contributed by atoms with Crippen molar-refractivity contribution in [2.75, 3.05) is 13.7 Å². The Balaban J connectivity index is 2.52. The van der Waals surface area contributed by atoms with Gasteiger partial charge in [-0.05, 0) is 39.0 Å². The molecule has 0 spiro atoms. The molecular weight excluding hydrogens is 216 g/mol. The second kappa shape index (κ2) is 4.32. The maximum Gasteiger partial charge on any atom is 0.204 e. The summed E-state index contributed by atoms with van der Waals surface area (Å²) in [6.07, 6.45) is 4.10. The highest BCUT2D eigenvalue weighted by molar-refractivity contribution is 5.68. The number of methoxy groups -OCH3 is 1. The predicted molar refractivity (Wildman–Crippen MR) is 67.9 cm³/mol. The highest BCUT2D eigenvalue weighted by atomic mass is 16.5. The van der Waals surface area contributed by atoms with E-state index in [4.69, 9.17) is 14.2 Å². The Labute approximate surface area is 102 Å². The van der Waals surface area contributed by atoms with Gasteiger partial charge in [-0.2, -0.15) is 0 Å². The summed E-state index contributed by atoms with van der Waals surface area (Å²) in [6.45, 7) is 6.56. The quantitative estimate of drug-likeness (QED) is 0.803.